The Bertz CT molecular complexity index is 1590. The average molecular weight is 501 g/mol. The fourth-order valence-electron chi connectivity index (χ4n) is 4.36. The van der Waals surface area contributed by atoms with Gasteiger partial charge in [-0.1, -0.05) is 0 Å². The molecular weight excluding hydrogens is 475 g/mol. The lowest BCUT2D eigenvalue weighted by molar-refractivity contribution is 0.107. The first-order chi connectivity index (χ1) is 18.0. The topological polar surface area (TPSA) is 112 Å². The second kappa shape index (κ2) is 9.58. The number of rotatable bonds is 6. The summed E-state index contributed by atoms with van der Waals surface area (Å²) in [6.07, 6.45) is 3.82. The molecule has 0 unspecified atom stereocenters. The van der Waals surface area contributed by atoms with Crippen molar-refractivity contribution in [3.8, 4) is 17.5 Å². The minimum Gasteiger partial charge on any atom is -0.459 e. The van der Waals surface area contributed by atoms with Gasteiger partial charge in [-0.25, -0.2) is 24.3 Å². The highest BCUT2D eigenvalue weighted by Gasteiger charge is 2.23. The Labute approximate surface area is 211 Å². The van der Waals surface area contributed by atoms with Gasteiger partial charge in [0.1, 0.15) is 41.1 Å². The van der Waals surface area contributed by atoms with Crippen LogP contribution in [0.25, 0.3) is 22.1 Å². The maximum absolute atomic E-state index is 13.7. The number of alkyl halides is 1. The maximum atomic E-state index is 13.7. The molecule has 2 N–H and O–H groups in total. The van der Waals surface area contributed by atoms with Gasteiger partial charge in [0.05, 0.1) is 23.6 Å². The fourth-order valence-corrected chi connectivity index (χ4v) is 4.36. The fraction of sp³-hybridized carbons (Fsp3) is 0.269. The molecule has 2 atom stereocenters. The van der Waals surface area contributed by atoms with Crippen LogP contribution < -0.4 is 20.1 Å². The molecule has 0 bridgehead atoms. The van der Waals surface area contributed by atoms with E-state index in [1.165, 1.54) is 6.33 Å². The van der Waals surface area contributed by atoms with Crippen LogP contribution in [-0.2, 0) is 7.05 Å². The zero-order valence-electron chi connectivity index (χ0n) is 20.3. The summed E-state index contributed by atoms with van der Waals surface area (Å²) in [7, 11) is 1.96. The van der Waals surface area contributed by atoms with E-state index in [2.05, 4.69) is 35.6 Å². The van der Waals surface area contributed by atoms with E-state index < -0.39 is 6.17 Å². The normalized spacial score (nSPS) is 17.7. The van der Waals surface area contributed by atoms with E-state index in [0.717, 1.165) is 28.0 Å². The highest BCUT2D eigenvalue weighted by Crippen LogP contribution is 2.31. The highest BCUT2D eigenvalue weighted by atomic mass is 19.1. The summed E-state index contributed by atoms with van der Waals surface area (Å²) in [5.41, 5.74) is 4.74. The third-order valence-corrected chi connectivity index (χ3v) is 6.25. The average Bonchev–Trinajstić information content (AvgIpc) is 3.26. The number of anilines is 2. The zero-order chi connectivity index (χ0) is 25.4. The first-order valence-electron chi connectivity index (χ1n) is 12.0. The van der Waals surface area contributed by atoms with Crippen molar-refractivity contribution in [2.75, 3.05) is 18.4 Å². The minimum absolute atomic E-state index is 0.163. The van der Waals surface area contributed by atoms with Crippen molar-refractivity contribution in [3.05, 3.63) is 60.8 Å². The van der Waals surface area contributed by atoms with Crippen molar-refractivity contribution in [1.29, 1.82) is 0 Å². The number of imidazole rings is 1. The summed E-state index contributed by atoms with van der Waals surface area (Å²) in [6.45, 7) is 2.85. The second-order valence-electron chi connectivity index (χ2n) is 9.05. The van der Waals surface area contributed by atoms with Gasteiger partial charge in [0.15, 0.2) is 5.82 Å². The summed E-state index contributed by atoms with van der Waals surface area (Å²) in [5.74, 6) is 1.96. The Hall–Kier alpha value is -4.38. The first kappa shape index (κ1) is 23.0. The van der Waals surface area contributed by atoms with E-state index in [0.29, 0.717) is 42.1 Å². The standard InChI is InChI=1S/C26H25FN8O2/c1-15-7-17(3-6-23(15)36-18-4-5-22-20(9-18)32-14-35(22)2)33-25-24-21(30-13-31-25)12-29-26(34-24)37-19-8-16(27)10-28-11-19/h3-7,9,12-14,16,19,28H,8,10-11H2,1-2H3,(H,30,31,33)/t16-,19+/m1/s1. The molecule has 1 fully saturated rings. The number of piperidine rings is 1. The third-order valence-electron chi connectivity index (χ3n) is 6.25. The molecule has 4 heterocycles. The van der Waals surface area contributed by atoms with Crippen LogP contribution in [0.5, 0.6) is 17.5 Å². The van der Waals surface area contributed by atoms with Crippen LogP contribution in [0.2, 0.25) is 0 Å². The van der Waals surface area contributed by atoms with Crippen LogP contribution >= 0.6 is 0 Å². The van der Waals surface area contributed by atoms with Gasteiger partial charge in [-0.3, -0.25) is 0 Å². The molecule has 188 valence electrons. The number of hydrogen-bond acceptors (Lipinski definition) is 9. The van der Waals surface area contributed by atoms with Crippen LogP contribution in [0.4, 0.5) is 15.9 Å². The SMILES string of the molecule is Cc1cc(Nc2ncnc3cnc(O[C@@H]4CNC[C@H](F)C4)nc23)ccc1Oc1ccc2c(c1)ncn2C. The molecule has 0 spiro atoms. The molecule has 0 radical (unpaired) electrons. The van der Waals surface area contributed by atoms with E-state index in [4.69, 9.17) is 9.47 Å². The number of hydrogen-bond donors (Lipinski definition) is 2. The summed E-state index contributed by atoms with van der Waals surface area (Å²) >= 11 is 0. The van der Waals surface area contributed by atoms with Gasteiger partial charge in [0.25, 0.3) is 0 Å². The molecule has 3 aromatic heterocycles. The second-order valence-corrected chi connectivity index (χ2v) is 9.05. The van der Waals surface area contributed by atoms with Gasteiger partial charge in [0.2, 0.25) is 0 Å². The third kappa shape index (κ3) is 4.85. The Morgan fingerprint density at radius 2 is 1.97 bits per heavy atom. The number of benzene rings is 2. The molecule has 1 aliphatic heterocycles. The van der Waals surface area contributed by atoms with Crippen molar-refractivity contribution in [1.82, 2.24) is 34.8 Å². The number of halogens is 1. The molecule has 2 aromatic carbocycles. The van der Waals surface area contributed by atoms with E-state index in [1.54, 1.807) is 12.5 Å². The van der Waals surface area contributed by atoms with Crippen molar-refractivity contribution in [3.63, 3.8) is 0 Å². The number of nitrogens with zero attached hydrogens (tertiary/aromatic N) is 6. The van der Waals surface area contributed by atoms with Crippen LogP contribution in [0.1, 0.15) is 12.0 Å². The van der Waals surface area contributed by atoms with Crippen LogP contribution in [0.3, 0.4) is 0 Å². The van der Waals surface area contributed by atoms with Crippen molar-refractivity contribution in [2.24, 2.45) is 7.05 Å². The lowest BCUT2D eigenvalue weighted by atomic mass is 10.1. The van der Waals surface area contributed by atoms with Crippen molar-refractivity contribution < 1.29 is 13.9 Å². The van der Waals surface area contributed by atoms with Gasteiger partial charge >= 0.3 is 6.01 Å². The van der Waals surface area contributed by atoms with Gasteiger partial charge in [-0.05, 0) is 42.8 Å². The van der Waals surface area contributed by atoms with Gasteiger partial charge in [-0.15, -0.1) is 0 Å². The molecule has 5 aromatic rings. The summed E-state index contributed by atoms with van der Waals surface area (Å²) in [5, 5.41) is 6.32. The molecule has 37 heavy (non-hydrogen) atoms. The minimum atomic E-state index is -0.951. The smallest absolute Gasteiger partial charge is 0.317 e. The predicted octanol–water partition coefficient (Wildman–Crippen LogP) is 4.23. The van der Waals surface area contributed by atoms with Gasteiger partial charge in [-0.2, -0.15) is 4.98 Å². The first-order valence-corrected chi connectivity index (χ1v) is 12.0. The van der Waals surface area contributed by atoms with E-state index >= 15 is 0 Å². The van der Waals surface area contributed by atoms with Crippen LogP contribution in [0.15, 0.2) is 55.2 Å². The predicted molar refractivity (Wildman–Crippen MR) is 137 cm³/mol. The number of nitrogens with one attached hydrogen (secondary N) is 2. The van der Waals surface area contributed by atoms with Crippen LogP contribution in [-0.4, -0.2) is 54.9 Å². The highest BCUT2D eigenvalue weighted by molar-refractivity contribution is 5.86. The Kier molecular flexibility index (Phi) is 5.97. The zero-order valence-corrected chi connectivity index (χ0v) is 20.3. The molecule has 11 heteroatoms. The maximum Gasteiger partial charge on any atom is 0.317 e. The van der Waals surface area contributed by atoms with Crippen molar-refractivity contribution >= 4 is 33.6 Å². The lowest BCUT2D eigenvalue weighted by Crippen LogP contribution is -2.43. The summed E-state index contributed by atoms with van der Waals surface area (Å²) in [6, 6.07) is 11.8. The van der Waals surface area contributed by atoms with Crippen molar-refractivity contribution in [2.45, 2.75) is 25.6 Å². The molecule has 0 aliphatic carbocycles. The Morgan fingerprint density at radius 1 is 1.05 bits per heavy atom. The molecule has 1 aliphatic rings. The van der Waals surface area contributed by atoms with Gasteiger partial charge < -0.3 is 24.7 Å². The van der Waals surface area contributed by atoms with Crippen LogP contribution in [0, 0.1) is 6.92 Å². The molecule has 10 nitrogen and oxygen atoms in total. The Balaban J connectivity index is 1.21. The molecular formula is C26H25FN8O2. The number of aryl methyl sites for hydroxylation is 2. The van der Waals surface area contributed by atoms with Gasteiger partial charge in [0, 0.05) is 38.3 Å². The van der Waals surface area contributed by atoms with E-state index in [-0.39, 0.29) is 12.1 Å². The molecule has 6 rings (SSSR count). The number of aromatic nitrogens is 6. The van der Waals surface area contributed by atoms with E-state index in [9.17, 15) is 4.39 Å². The number of ether oxygens (including phenoxy) is 2. The molecule has 1 saturated heterocycles. The van der Waals surface area contributed by atoms with E-state index in [1.807, 2.05) is 54.9 Å². The molecule has 0 amide bonds. The number of fused-ring (bicyclic) bond motifs is 2. The summed E-state index contributed by atoms with van der Waals surface area (Å²) in [4.78, 5) is 21.8. The summed E-state index contributed by atoms with van der Waals surface area (Å²) < 4.78 is 27.6. The Morgan fingerprint density at radius 3 is 2.84 bits per heavy atom. The monoisotopic (exact) mass is 500 g/mol. The largest absolute Gasteiger partial charge is 0.459 e. The quantitative estimate of drug-likeness (QED) is 0.354. The molecule has 0 saturated carbocycles. The lowest BCUT2D eigenvalue weighted by Gasteiger charge is -2.25.